The van der Waals surface area contributed by atoms with Gasteiger partial charge < -0.3 is 38.0 Å². The number of hydrogen-bond donors (Lipinski definition) is 1. The van der Waals surface area contributed by atoms with E-state index in [0.717, 1.165) is 0 Å². The van der Waals surface area contributed by atoms with E-state index in [1.165, 1.54) is 98.4 Å². The monoisotopic (exact) mass is 860 g/mol. The highest BCUT2D eigenvalue weighted by Crippen LogP contribution is 2.39. The summed E-state index contributed by atoms with van der Waals surface area (Å²) in [4.78, 5) is 45.5. The van der Waals surface area contributed by atoms with Gasteiger partial charge in [0.25, 0.3) is 0 Å². The standard InChI is InChI=1S/C23H17F2N3O4.C22H15F2N3O4/c1-30-23(29)15-11-21(28-7-2-8-31-20-6-4-14(25)10-18(20)28)26-12-16(15)22-27-17-9-13(24)3-5-19(17)32-22;23-12-2-4-18-16(8-12)26-21(31-18)15-11-25-20(10-14(15)22(28)29)27-6-1-7-30-19-5-3-13(24)9-17(19)27/h3-6,9-12H,2,7-8H2,1H3;2-5,8-11H,1,6-7H2,(H,28,29). The van der Waals surface area contributed by atoms with Crippen molar-refractivity contribution in [3.05, 3.63) is 132 Å². The van der Waals surface area contributed by atoms with E-state index in [0.29, 0.717) is 95.9 Å². The van der Waals surface area contributed by atoms with Gasteiger partial charge in [-0.1, -0.05) is 0 Å². The third kappa shape index (κ3) is 8.13. The quantitative estimate of drug-likeness (QED) is 0.124. The Kier molecular flexibility index (Phi) is 10.8. The van der Waals surface area contributed by atoms with Crippen LogP contribution in [0.25, 0.3) is 45.1 Å². The van der Waals surface area contributed by atoms with Crippen molar-refractivity contribution in [2.75, 3.05) is 43.2 Å². The van der Waals surface area contributed by atoms with Gasteiger partial charge in [-0.2, -0.15) is 0 Å². The first-order chi connectivity index (χ1) is 30.5. The van der Waals surface area contributed by atoms with Gasteiger partial charge in [-0.05, 0) is 73.5 Å². The van der Waals surface area contributed by atoms with Crippen LogP contribution in [0, 0.1) is 23.3 Å². The Hall–Kier alpha value is -8.02. The fraction of sp³-hybridized carbons (Fsp3) is 0.156. The predicted octanol–water partition coefficient (Wildman–Crippen LogP) is 9.66. The summed E-state index contributed by atoms with van der Waals surface area (Å²) in [6, 6.07) is 19.2. The number of oxazole rings is 2. The van der Waals surface area contributed by atoms with Gasteiger partial charge >= 0.3 is 11.9 Å². The van der Waals surface area contributed by atoms with Gasteiger partial charge in [0, 0.05) is 49.7 Å². The number of aromatic nitrogens is 4. The molecule has 8 aromatic rings. The lowest BCUT2D eigenvalue weighted by Gasteiger charge is -2.23. The van der Waals surface area contributed by atoms with Crippen molar-refractivity contribution >= 4 is 57.1 Å². The summed E-state index contributed by atoms with van der Waals surface area (Å²) < 4.78 is 82.5. The molecule has 0 amide bonds. The molecule has 0 radical (unpaired) electrons. The smallest absolute Gasteiger partial charge is 0.338 e. The number of ether oxygens (including phenoxy) is 3. The molecule has 0 bridgehead atoms. The number of hydrogen-bond acceptors (Lipinski definition) is 13. The predicted molar refractivity (Wildman–Crippen MR) is 220 cm³/mol. The maximum atomic E-state index is 14.0. The Morgan fingerprint density at radius 2 is 1.06 bits per heavy atom. The first-order valence-corrected chi connectivity index (χ1v) is 19.4. The van der Waals surface area contributed by atoms with E-state index in [-0.39, 0.29) is 34.0 Å². The number of carboxylic acids is 1. The molecule has 0 unspecified atom stereocenters. The van der Waals surface area contributed by atoms with Crippen LogP contribution in [0.5, 0.6) is 11.5 Å². The van der Waals surface area contributed by atoms with Gasteiger partial charge in [-0.3, -0.25) is 0 Å². The maximum Gasteiger partial charge on any atom is 0.338 e. The number of halogens is 4. The van der Waals surface area contributed by atoms with Crippen molar-refractivity contribution < 1.29 is 55.3 Å². The van der Waals surface area contributed by atoms with Gasteiger partial charge in [0.05, 0.1) is 54.0 Å². The van der Waals surface area contributed by atoms with Crippen molar-refractivity contribution in [1.82, 2.24) is 19.9 Å². The molecule has 10 rings (SSSR count). The molecule has 2 aliphatic rings. The fourth-order valence-corrected chi connectivity index (χ4v) is 7.19. The number of pyridine rings is 2. The van der Waals surface area contributed by atoms with Crippen LogP contribution in [0.15, 0.2) is 106 Å². The Morgan fingerprint density at radius 1 is 0.619 bits per heavy atom. The molecule has 2 aliphatic heterocycles. The summed E-state index contributed by atoms with van der Waals surface area (Å²) in [5.41, 5.74) is 2.76. The minimum absolute atomic E-state index is 0.0164. The van der Waals surface area contributed by atoms with Crippen molar-refractivity contribution in [2.45, 2.75) is 12.8 Å². The largest absolute Gasteiger partial charge is 0.491 e. The third-order valence-corrected chi connectivity index (χ3v) is 10.1. The van der Waals surface area contributed by atoms with Gasteiger partial charge in [-0.25, -0.2) is 47.1 Å². The zero-order valence-corrected chi connectivity index (χ0v) is 33.0. The number of nitrogens with zero attached hydrogens (tertiary/aromatic N) is 6. The second-order valence-corrected chi connectivity index (χ2v) is 14.2. The van der Waals surface area contributed by atoms with E-state index >= 15 is 0 Å². The number of rotatable bonds is 6. The zero-order valence-electron chi connectivity index (χ0n) is 33.0. The molecule has 0 spiro atoms. The van der Waals surface area contributed by atoms with Gasteiger partial charge in [0.15, 0.2) is 11.2 Å². The molecule has 0 saturated carbocycles. The Labute approximate surface area is 353 Å². The number of benzene rings is 4. The molecular formula is C45H32F4N6O8. The molecule has 0 fully saturated rings. The molecule has 0 atom stereocenters. The zero-order chi connectivity index (χ0) is 43.8. The molecule has 14 nitrogen and oxygen atoms in total. The normalized spacial score (nSPS) is 13.5. The average Bonchev–Trinajstić information content (AvgIpc) is 3.76. The van der Waals surface area contributed by atoms with Crippen LogP contribution in [0.1, 0.15) is 33.6 Å². The van der Waals surface area contributed by atoms with Gasteiger partial charge in [0.1, 0.15) is 57.4 Å². The first-order valence-electron chi connectivity index (χ1n) is 19.4. The number of aromatic carboxylic acids is 1. The highest BCUT2D eigenvalue weighted by molar-refractivity contribution is 5.98. The van der Waals surface area contributed by atoms with Crippen molar-refractivity contribution in [3.63, 3.8) is 0 Å². The molecule has 0 aliphatic carbocycles. The van der Waals surface area contributed by atoms with E-state index in [1.54, 1.807) is 15.9 Å². The van der Waals surface area contributed by atoms with Crippen LogP contribution >= 0.6 is 0 Å². The molecule has 18 heteroatoms. The maximum absolute atomic E-state index is 14.0. The summed E-state index contributed by atoms with van der Waals surface area (Å²) in [5, 5.41) is 9.80. The van der Waals surface area contributed by atoms with E-state index in [2.05, 4.69) is 19.9 Å². The lowest BCUT2D eigenvalue weighted by Crippen LogP contribution is -2.20. The molecule has 4 aromatic heterocycles. The van der Waals surface area contributed by atoms with Crippen LogP contribution < -0.4 is 19.3 Å². The summed E-state index contributed by atoms with van der Waals surface area (Å²) in [5.74, 6) is -1.75. The van der Waals surface area contributed by atoms with E-state index < -0.39 is 35.2 Å². The SMILES string of the molecule is COC(=O)c1cc(N2CCCOc3ccc(F)cc32)ncc1-c1nc2cc(F)ccc2o1.O=C(O)c1cc(N2CCCOc3ccc(F)cc32)ncc1-c1nc2cc(F)ccc2o1. The molecule has 318 valence electrons. The summed E-state index contributed by atoms with van der Waals surface area (Å²) in [6.45, 7) is 1.88. The van der Waals surface area contributed by atoms with Crippen molar-refractivity contribution in [3.8, 4) is 34.4 Å². The van der Waals surface area contributed by atoms with E-state index in [1.807, 2.05) is 0 Å². The molecule has 6 heterocycles. The van der Waals surface area contributed by atoms with Crippen LogP contribution in [0.3, 0.4) is 0 Å². The van der Waals surface area contributed by atoms with Crippen LogP contribution in [0.4, 0.5) is 40.6 Å². The molecule has 4 aromatic carbocycles. The van der Waals surface area contributed by atoms with Gasteiger partial charge in [0.2, 0.25) is 11.8 Å². The highest BCUT2D eigenvalue weighted by atomic mass is 19.1. The molecule has 0 saturated heterocycles. The average molecular weight is 861 g/mol. The second-order valence-electron chi connectivity index (χ2n) is 14.2. The summed E-state index contributed by atoms with van der Waals surface area (Å²) >= 11 is 0. The Bertz CT molecular complexity index is 3070. The van der Waals surface area contributed by atoms with Gasteiger partial charge in [-0.15, -0.1) is 0 Å². The number of carboxylic acid groups (broad SMARTS) is 1. The highest BCUT2D eigenvalue weighted by Gasteiger charge is 2.27. The second kappa shape index (κ2) is 16.8. The number of carbonyl (C=O) groups excluding carboxylic acids is 1. The lowest BCUT2D eigenvalue weighted by atomic mass is 10.1. The topological polar surface area (TPSA) is 166 Å². The number of anilines is 4. The van der Waals surface area contributed by atoms with E-state index in [4.69, 9.17) is 23.0 Å². The number of esters is 1. The number of carbonyl (C=O) groups is 2. The molecule has 63 heavy (non-hydrogen) atoms. The fourth-order valence-electron chi connectivity index (χ4n) is 7.19. The summed E-state index contributed by atoms with van der Waals surface area (Å²) in [6.07, 6.45) is 4.08. The van der Waals surface area contributed by atoms with Crippen molar-refractivity contribution in [2.24, 2.45) is 0 Å². The minimum atomic E-state index is -1.21. The van der Waals surface area contributed by atoms with Crippen LogP contribution in [-0.4, -0.2) is 70.4 Å². The lowest BCUT2D eigenvalue weighted by molar-refractivity contribution is 0.0600. The van der Waals surface area contributed by atoms with E-state index in [9.17, 15) is 32.3 Å². The van der Waals surface area contributed by atoms with Crippen molar-refractivity contribution in [1.29, 1.82) is 0 Å². The molecule has 1 N–H and O–H groups in total. The van der Waals surface area contributed by atoms with Crippen LogP contribution in [0.2, 0.25) is 0 Å². The minimum Gasteiger partial charge on any atom is -0.491 e. The van der Waals surface area contributed by atoms with Crippen LogP contribution in [-0.2, 0) is 4.74 Å². The Balaban J connectivity index is 0.000000160. The number of methoxy groups -OCH3 is 1. The number of fused-ring (bicyclic) bond motifs is 4. The third-order valence-electron chi connectivity index (χ3n) is 10.1. The Morgan fingerprint density at radius 3 is 1.54 bits per heavy atom. The molecular weight excluding hydrogens is 829 g/mol. The first kappa shape index (κ1) is 40.4. The summed E-state index contributed by atoms with van der Waals surface area (Å²) in [7, 11) is 1.26.